The second-order valence-corrected chi connectivity index (χ2v) is 12.9. The predicted octanol–water partition coefficient (Wildman–Crippen LogP) is 1.47. The Morgan fingerprint density at radius 1 is 1.19 bits per heavy atom. The number of anilines is 1. The van der Waals surface area contributed by atoms with Gasteiger partial charge >= 0.3 is 0 Å². The van der Waals surface area contributed by atoms with E-state index < -0.39 is 20.7 Å². The molecule has 0 spiro atoms. The van der Waals surface area contributed by atoms with Crippen molar-refractivity contribution in [3.05, 3.63) is 68.1 Å². The summed E-state index contributed by atoms with van der Waals surface area (Å²) in [5.74, 6) is -0.262. The lowest BCUT2D eigenvalue weighted by molar-refractivity contribution is -0.384. The Hall–Kier alpha value is -3.21. The molecule has 2 aromatic rings. The minimum atomic E-state index is -3.04. The van der Waals surface area contributed by atoms with Crippen molar-refractivity contribution in [2.75, 3.05) is 29.5 Å². The molecule has 10 nitrogen and oxygen atoms in total. The molecule has 2 bridgehead atoms. The van der Waals surface area contributed by atoms with Gasteiger partial charge in [-0.2, -0.15) is 0 Å². The maximum atomic E-state index is 13.6. The van der Waals surface area contributed by atoms with Gasteiger partial charge in [-0.3, -0.25) is 19.7 Å². The van der Waals surface area contributed by atoms with Gasteiger partial charge in [0.05, 0.1) is 22.3 Å². The minimum absolute atomic E-state index is 0.00313. The summed E-state index contributed by atoms with van der Waals surface area (Å²) in [6, 6.07) is 10.1. The molecule has 1 aromatic carbocycles. The van der Waals surface area contributed by atoms with E-state index in [1.54, 1.807) is 24.3 Å². The van der Waals surface area contributed by atoms with E-state index >= 15 is 0 Å². The first-order valence-electron chi connectivity index (χ1n) is 12.4. The summed E-state index contributed by atoms with van der Waals surface area (Å²) in [5, 5.41) is 14.5. The Balaban J connectivity index is 1.34. The molecule has 190 valence electrons. The second-order valence-electron chi connectivity index (χ2n) is 10.6. The molecule has 4 aliphatic rings. The van der Waals surface area contributed by atoms with Gasteiger partial charge < -0.3 is 14.8 Å². The van der Waals surface area contributed by atoms with Crippen LogP contribution >= 0.6 is 0 Å². The van der Waals surface area contributed by atoms with Crippen molar-refractivity contribution >= 4 is 27.1 Å². The van der Waals surface area contributed by atoms with E-state index in [4.69, 9.17) is 0 Å². The van der Waals surface area contributed by atoms with E-state index in [1.165, 1.54) is 6.07 Å². The number of benzene rings is 1. The van der Waals surface area contributed by atoms with Crippen molar-refractivity contribution in [3.8, 4) is 0 Å². The van der Waals surface area contributed by atoms with E-state index in [1.807, 2.05) is 10.6 Å². The normalized spacial score (nSPS) is 29.6. The fourth-order valence-corrected chi connectivity index (χ4v) is 8.72. The number of hydrogen-bond donors (Lipinski definition) is 1. The number of nitro benzene ring substituents is 1. The number of pyridine rings is 1. The molecule has 0 aliphatic carbocycles. The highest BCUT2D eigenvalue weighted by atomic mass is 32.2. The smallest absolute Gasteiger partial charge is 0.269 e. The number of hydrogen-bond acceptors (Lipinski definition) is 7. The lowest BCUT2D eigenvalue weighted by Gasteiger charge is -2.54. The molecule has 5 atom stereocenters. The Morgan fingerprint density at radius 2 is 2.03 bits per heavy atom. The third-order valence-corrected chi connectivity index (χ3v) is 10.3. The molecule has 4 aliphatic heterocycles. The Labute approximate surface area is 208 Å². The lowest BCUT2D eigenvalue weighted by Crippen LogP contribution is -2.61. The van der Waals surface area contributed by atoms with E-state index in [2.05, 4.69) is 10.2 Å². The number of non-ortho nitro benzene ring substituents is 1. The molecule has 0 saturated carbocycles. The molecule has 5 heterocycles. The number of carbonyl (C=O) groups excluding carboxylic acids is 1. The van der Waals surface area contributed by atoms with Crippen LogP contribution in [0.1, 0.15) is 30.0 Å². The fourth-order valence-electron chi connectivity index (χ4n) is 6.86. The number of sulfone groups is 1. The van der Waals surface area contributed by atoms with E-state index in [0.29, 0.717) is 32.5 Å². The van der Waals surface area contributed by atoms with Gasteiger partial charge in [-0.25, -0.2) is 8.42 Å². The molecule has 1 amide bonds. The SMILES string of the molecule is O=C(NCC1CCS(=O)(=O)C1)[C@@H]1Cc2cc([N+](=O)[O-])ccc2N2C[C@H]3C[C@@H](Cn4c3cccc4=O)[C@@H]12. The predicted molar refractivity (Wildman–Crippen MR) is 133 cm³/mol. The molecule has 2 saturated heterocycles. The number of carbonyl (C=O) groups is 1. The molecule has 36 heavy (non-hydrogen) atoms. The molecule has 1 aromatic heterocycles. The maximum Gasteiger partial charge on any atom is 0.269 e. The zero-order chi connectivity index (χ0) is 25.2. The number of amides is 1. The van der Waals surface area contributed by atoms with Crippen LogP contribution in [-0.4, -0.2) is 54.5 Å². The van der Waals surface area contributed by atoms with Crippen LogP contribution in [0.5, 0.6) is 0 Å². The van der Waals surface area contributed by atoms with Crippen LogP contribution in [-0.2, 0) is 27.6 Å². The Bertz CT molecular complexity index is 1420. The molecular weight excluding hydrogens is 484 g/mol. The molecule has 1 N–H and O–H groups in total. The summed E-state index contributed by atoms with van der Waals surface area (Å²) in [5.41, 5.74) is 2.64. The summed E-state index contributed by atoms with van der Waals surface area (Å²) in [7, 11) is -3.04. The molecular formula is C25H28N4O6S. The van der Waals surface area contributed by atoms with Crippen LogP contribution in [0.2, 0.25) is 0 Å². The number of rotatable bonds is 4. The van der Waals surface area contributed by atoms with Gasteiger partial charge in [-0.1, -0.05) is 6.07 Å². The molecule has 6 rings (SSSR count). The standard InChI is InChI=1S/C25H28N4O6S/c30-23-3-1-2-21-17-8-18(13-27(21)23)24-20(25(31)26-11-15-6-7-36(34,35)14-15)10-16-9-19(29(32)33)4-5-22(16)28(24)12-17/h1-5,9,15,17-18,20,24H,6-8,10-14H2,(H,26,31)/t15?,17-,18+,20-,24+/m1/s1. The summed E-state index contributed by atoms with van der Waals surface area (Å²) in [6.45, 7) is 1.46. The quantitative estimate of drug-likeness (QED) is 0.485. The van der Waals surface area contributed by atoms with Crippen molar-refractivity contribution in [1.29, 1.82) is 0 Å². The summed E-state index contributed by atoms with van der Waals surface area (Å²) in [6.07, 6.45) is 1.78. The van der Waals surface area contributed by atoms with Gasteiger partial charge in [-0.05, 0) is 48.8 Å². The zero-order valence-electron chi connectivity index (χ0n) is 19.7. The van der Waals surface area contributed by atoms with Crippen molar-refractivity contribution < 1.29 is 18.1 Å². The van der Waals surface area contributed by atoms with E-state index in [9.17, 15) is 28.1 Å². The highest BCUT2D eigenvalue weighted by Crippen LogP contribution is 2.47. The second kappa shape index (κ2) is 8.43. The number of nitrogens with zero attached hydrogens (tertiary/aromatic N) is 3. The van der Waals surface area contributed by atoms with Gasteiger partial charge in [-0.15, -0.1) is 0 Å². The number of aromatic nitrogens is 1. The van der Waals surface area contributed by atoms with Crippen molar-refractivity contribution in [3.63, 3.8) is 0 Å². The largest absolute Gasteiger partial charge is 0.366 e. The van der Waals surface area contributed by atoms with Crippen LogP contribution in [0.3, 0.4) is 0 Å². The van der Waals surface area contributed by atoms with Crippen LogP contribution < -0.4 is 15.8 Å². The third-order valence-electron chi connectivity index (χ3n) is 8.43. The van der Waals surface area contributed by atoms with Gasteiger partial charge in [0.2, 0.25) is 5.91 Å². The van der Waals surface area contributed by atoms with Crippen LogP contribution in [0.4, 0.5) is 11.4 Å². The fraction of sp³-hybridized carbons (Fsp3) is 0.520. The first-order valence-corrected chi connectivity index (χ1v) is 14.2. The van der Waals surface area contributed by atoms with Crippen LogP contribution in [0, 0.1) is 27.9 Å². The molecule has 1 unspecified atom stereocenters. The molecule has 2 fully saturated rings. The minimum Gasteiger partial charge on any atom is -0.366 e. The first-order chi connectivity index (χ1) is 17.2. The highest BCUT2D eigenvalue weighted by Gasteiger charge is 2.49. The monoisotopic (exact) mass is 512 g/mol. The number of nitrogens with one attached hydrogen (secondary N) is 1. The van der Waals surface area contributed by atoms with Gasteiger partial charge in [0.15, 0.2) is 9.84 Å². The maximum absolute atomic E-state index is 13.6. The van der Waals surface area contributed by atoms with Gasteiger partial charge in [0, 0.05) is 61.2 Å². The Morgan fingerprint density at radius 3 is 2.78 bits per heavy atom. The van der Waals surface area contributed by atoms with Crippen molar-refractivity contribution in [1.82, 2.24) is 9.88 Å². The molecule has 0 radical (unpaired) electrons. The van der Waals surface area contributed by atoms with Crippen molar-refractivity contribution in [2.45, 2.75) is 37.8 Å². The van der Waals surface area contributed by atoms with Crippen LogP contribution in [0.25, 0.3) is 0 Å². The average Bonchev–Trinajstić information content (AvgIpc) is 3.20. The number of fused-ring (bicyclic) bond motifs is 8. The number of piperidine rings is 1. The third kappa shape index (κ3) is 3.89. The van der Waals surface area contributed by atoms with Crippen molar-refractivity contribution in [2.24, 2.45) is 17.8 Å². The Kier molecular flexibility index (Phi) is 5.43. The van der Waals surface area contributed by atoms with E-state index in [0.717, 1.165) is 23.4 Å². The highest BCUT2D eigenvalue weighted by molar-refractivity contribution is 7.91. The van der Waals surface area contributed by atoms with Crippen LogP contribution in [0.15, 0.2) is 41.2 Å². The van der Waals surface area contributed by atoms with E-state index in [-0.39, 0.29) is 52.5 Å². The van der Waals surface area contributed by atoms with Gasteiger partial charge in [0.25, 0.3) is 11.2 Å². The lowest BCUT2D eigenvalue weighted by atomic mass is 9.70. The summed E-state index contributed by atoms with van der Waals surface area (Å²) < 4.78 is 25.5. The summed E-state index contributed by atoms with van der Waals surface area (Å²) in [4.78, 5) is 39.5. The number of nitro groups is 1. The zero-order valence-corrected chi connectivity index (χ0v) is 20.5. The average molecular weight is 513 g/mol. The topological polar surface area (TPSA) is 132 Å². The molecule has 11 heteroatoms. The first kappa shape index (κ1) is 23.2. The summed E-state index contributed by atoms with van der Waals surface area (Å²) >= 11 is 0. The van der Waals surface area contributed by atoms with Gasteiger partial charge in [0.1, 0.15) is 0 Å².